The molecule has 0 aliphatic carbocycles. The Labute approximate surface area is 224 Å². The summed E-state index contributed by atoms with van der Waals surface area (Å²) in [5, 5.41) is 13.6. The van der Waals surface area contributed by atoms with E-state index in [1.54, 1.807) is 0 Å². The van der Waals surface area contributed by atoms with Crippen molar-refractivity contribution in [2.75, 3.05) is 26.0 Å². The summed E-state index contributed by atoms with van der Waals surface area (Å²) in [4.78, 5) is 56.5. The maximum Gasteiger partial charge on any atom is 0.306 e. The molecule has 0 aromatic heterocycles. The van der Waals surface area contributed by atoms with Gasteiger partial charge in [0.05, 0.1) is 30.3 Å². The highest BCUT2D eigenvalue weighted by Crippen LogP contribution is 2.38. The number of amides is 3. The van der Waals surface area contributed by atoms with Crippen LogP contribution in [0.15, 0.2) is 12.1 Å². The lowest BCUT2D eigenvalue weighted by molar-refractivity contribution is -0.386. The number of hydrogen-bond acceptors (Lipinski definition) is 10. The van der Waals surface area contributed by atoms with Crippen molar-refractivity contribution in [3.05, 3.63) is 27.8 Å². The van der Waals surface area contributed by atoms with Crippen LogP contribution in [0.2, 0.25) is 0 Å². The summed E-state index contributed by atoms with van der Waals surface area (Å²) in [6.07, 6.45) is 0.698. The van der Waals surface area contributed by atoms with Crippen LogP contribution < -0.4 is 25.2 Å². The van der Waals surface area contributed by atoms with Gasteiger partial charge in [0.15, 0.2) is 11.5 Å². The molecule has 0 saturated carbocycles. The number of thiol groups is 1. The quantitative estimate of drug-likeness (QED) is 0.0519. The Morgan fingerprint density at radius 1 is 1.14 bits per heavy atom. The third-order valence-electron chi connectivity index (χ3n) is 4.75. The topological polar surface area (TPSA) is 189 Å². The van der Waals surface area contributed by atoms with Gasteiger partial charge in [0.25, 0.3) is 10.9 Å². The minimum Gasteiger partial charge on any atom is -0.493 e. The molecular weight excluding hydrogens is 528 g/mol. The first-order valence-electron chi connectivity index (χ1n) is 11.4. The second-order valence-electron chi connectivity index (χ2n) is 7.68. The van der Waals surface area contributed by atoms with E-state index < -0.39 is 28.1 Å². The molecule has 0 bridgehead atoms. The first kappa shape index (κ1) is 31.8. The Kier molecular flexibility index (Phi) is 14.9. The highest BCUT2D eigenvalue weighted by Gasteiger charge is 2.26. The number of rotatable bonds is 18. The second kappa shape index (κ2) is 17.3. The zero-order valence-electron chi connectivity index (χ0n) is 20.7. The van der Waals surface area contributed by atoms with E-state index in [0.717, 1.165) is 0 Å². The van der Waals surface area contributed by atoms with Crippen LogP contribution in [0.3, 0.4) is 0 Å². The fraction of sp³-hybridized carbons (Fsp3) is 0.545. The zero-order chi connectivity index (χ0) is 27.8. The number of esters is 1. The molecule has 0 heterocycles. The number of carbonyl (C=O) groups excluding carboxylic acids is 4. The van der Waals surface area contributed by atoms with E-state index in [4.69, 9.17) is 19.9 Å². The molecule has 1 aromatic carbocycles. The van der Waals surface area contributed by atoms with Gasteiger partial charge in [-0.1, -0.05) is 24.6 Å². The van der Waals surface area contributed by atoms with Crippen LogP contribution >= 0.6 is 24.6 Å². The van der Waals surface area contributed by atoms with Gasteiger partial charge in [0.2, 0.25) is 11.8 Å². The van der Waals surface area contributed by atoms with Gasteiger partial charge in [-0.3, -0.25) is 29.3 Å². The largest absolute Gasteiger partial charge is 0.493 e. The number of hydrogen-bond donors (Lipinski definition) is 4. The van der Waals surface area contributed by atoms with Crippen LogP contribution in [-0.4, -0.2) is 54.0 Å². The molecule has 37 heavy (non-hydrogen) atoms. The average molecular weight is 561 g/mol. The highest BCUT2D eigenvalue weighted by atomic mass is 32.2. The van der Waals surface area contributed by atoms with E-state index in [1.807, 2.05) is 0 Å². The molecule has 1 atom stereocenters. The monoisotopic (exact) mass is 560 g/mol. The van der Waals surface area contributed by atoms with Gasteiger partial charge in [-0.2, -0.15) is 0 Å². The third-order valence-corrected chi connectivity index (χ3v) is 5.77. The zero-order valence-corrected chi connectivity index (χ0v) is 22.4. The molecule has 0 spiro atoms. The summed E-state index contributed by atoms with van der Waals surface area (Å²) in [6, 6.07) is 2.57. The highest BCUT2D eigenvalue weighted by molar-refractivity contribution is 7.97. The first-order valence-corrected chi connectivity index (χ1v) is 12.8. The molecule has 0 radical (unpaired) electrons. The van der Waals surface area contributed by atoms with E-state index in [-0.39, 0.29) is 61.1 Å². The van der Waals surface area contributed by atoms with Gasteiger partial charge in [0, 0.05) is 31.6 Å². The lowest BCUT2D eigenvalue weighted by Crippen LogP contribution is -2.19. The normalized spacial score (nSPS) is 11.2. The maximum absolute atomic E-state index is 12.1. The minimum atomic E-state index is -0.945. The van der Waals surface area contributed by atoms with E-state index in [0.29, 0.717) is 25.0 Å². The Bertz CT molecular complexity index is 962. The Morgan fingerprint density at radius 3 is 2.49 bits per heavy atom. The Morgan fingerprint density at radius 2 is 1.86 bits per heavy atom. The maximum atomic E-state index is 12.1. The van der Waals surface area contributed by atoms with Crippen LogP contribution in [-0.2, 0) is 19.1 Å². The van der Waals surface area contributed by atoms with Crippen LogP contribution in [0.4, 0.5) is 10.5 Å². The van der Waals surface area contributed by atoms with E-state index in [9.17, 15) is 29.3 Å². The Balaban J connectivity index is 2.66. The number of nitro benzene ring substituents is 1. The molecular formula is C22H32N4O9S2. The number of nitrogens with zero attached hydrogens (tertiary/aromatic N) is 1. The smallest absolute Gasteiger partial charge is 0.306 e. The molecule has 13 nitrogen and oxygen atoms in total. The van der Waals surface area contributed by atoms with Gasteiger partial charge in [-0.05, 0) is 32.3 Å². The summed E-state index contributed by atoms with van der Waals surface area (Å²) in [7, 11) is 1.37. The summed E-state index contributed by atoms with van der Waals surface area (Å²) in [5.74, 6) is -0.324. The van der Waals surface area contributed by atoms with Crippen molar-refractivity contribution in [2.24, 2.45) is 5.73 Å². The molecule has 1 aromatic rings. The summed E-state index contributed by atoms with van der Waals surface area (Å²) >= 11 is 4.75. The van der Waals surface area contributed by atoms with Crippen molar-refractivity contribution in [1.82, 2.24) is 10.0 Å². The van der Waals surface area contributed by atoms with Gasteiger partial charge in [-0.15, -0.1) is 0 Å². The van der Waals surface area contributed by atoms with Crippen LogP contribution in [0.25, 0.3) is 0 Å². The molecule has 1 rings (SSSR count). The molecule has 1 unspecified atom stereocenters. The van der Waals surface area contributed by atoms with Gasteiger partial charge in [0.1, 0.15) is 6.10 Å². The third kappa shape index (κ3) is 13.1. The molecule has 0 fully saturated rings. The number of ether oxygens (including phenoxy) is 3. The van der Waals surface area contributed by atoms with Gasteiger partial charge < -0.3 is 30.0 Å². The lowest BCUT2D eigenvalue weighted by atomic mass is 10.1. The molecule has 4 N–H and O–H groups in total. The number of benzene rings is 1. The summed E-state index contributed by atoms with van der Waals surface area (Å²) in [5.41, 5.74) is 4.86. The van der Waals surface area contributed by atoms with Crippen LogP contribution in [0, 0.1) is 10.1 Å². The molecule has 15 heteroatoms. The molecule has 0 saturated heterocycles. The Hall–Kier alpha value is -3.20. The van der Waals surface area contributed by atoms with Crippen molar-refractivity contribution in [3.63, 3.8) is 0 Å². The van der Waals surface area contributed by atoms with E-state index >= 15 is 0 Å². The number of nitrogens with one attached hydrogen (secondary N) is 2. The van der Waals surface area contributed by atoms with E-state index in [1.165, 1.54) is 38.1 Å². The van der Waals surface area contributed by atoms with Crippen LogP contribution in [0.1, 0.15) is 57.1 Å². The predicted molar refractivity (Wildman–Crippen MR) is 140 cm³/mol. The van der Waals surface area contributed by atoms with Crippen molar-refractivity contribution in [3.8, 4) is 11.5 Å². The van der Waals surface area contributed by atoms with Crippen molar-refractivity contribution >= 4 is 53.3 Å². The molecule has 3 amide bonds. The predicted octanol–water partition coefficient (Wildman–Crippen LogP) is 2.82. The molecule has 0 aliphatic heterocycles. The summed E-state index contributed by atoms with van der Waals surface area (Å²) in [6.45, 7) is 1.84. The fourth-order valence-electron chi connectivity index (χ4n) is 2.98. The number of carbonyl (C=O) groups is 4. The summed E-state index contributed by atoms with van der Waals surface area (Å²) < 4.78 is 18.9. The second-order valence-corrected chi connectivity index (χ2v) is 8.99. The minimum absolute atomic E-state index is 0.00395. The van der Waals surface area contributed by atoms with Crippen molar-refractivity contribution < 1.29 is 38.3 Å². The fourth-order valence-corrected chi connectivity index (χ4v) is 3.75. The standard InChI is InChI=1S/C22H32N4O9S2/c1-14(35-21(29)8-3-9-24-22(30)36)15-12-17(33-2)18(13-16(15)26(31)32)34-10-4-7-20(28)25-37-11-5-6-19(23)27/h12-14H,3-11H2,1-2H3,(H2,23,27)(H,25,28)(H2,24,30,36). The number of nitro groups is 1. The van der Waals surface area contributed by atoms with Crippen molar-refractivity contribution in [1.29, 1.82) is 0 Å². The number of methoxy groups -OCH3 is 1. The SMILES string of the molecule is COc1cc(C(C)OC(=O)CCCNC(=O)S)c([N+](=O)[O-])cc1OCCCC(=O)NSCCCC(N)=O. The number of nitrogens with two attached hydrogens (primary N) is 1. The van der Waals surface area contributed by atoms with Gasteiger partial charge >= 0.3 is 5.97 Å². The molecule has 0 aliphatic rings. The lowest BCUT2D eigenvalue weighted by Gasteiger charge is -2.17. The van der Waals surface area contributed by atoms with Gasteiger partial charge in [-0.25, -0.2) is 0 Å². The van der Waals surface area contributed by atoms with Crippen molar-refractivity contribution in [2.45, 2.75) is 51.6 Å². The first-order chi connectivity index (χ1) is 17.5. The average Bonchev–Trinajstić information content (AvgIpc) is 2.83. The number of primary amides is 1. The van der Waals surface area contributed by atoms with Crippen LogP contribution in [0.5, 0.6) is 11.5 Å². The van der Waals surface area contributed by atoms with E-state index in [2.05, 4.69) is 22.7 Å². The molecule has 206 valence electrons.